The first-order valence-corrected chi connectivity index (χ1v) is 5.70. The van der Waals surface area contributed by atoms with Crippen molar-refractivity contribution in [2.45, 2.75) is 12.3 Å². The van der Waals surface area contributed by atoms with Crippen LogP contribution in [-0.2, 0) is 9.59 Å². The summed E-state index contributed by atoms with van der Waals surface area (Å²) in [5, 5.41) is 0.933. The summed E-state index contributed by atoms with van der Waals surface area (Å²) in [5.41, 5.74) is 9.79. The predicted molar refractivity (Wildman–Crippen MR) is 64.6 cm³/mol. The molecular weight excluding hydrogens is 263 g/mol. The number of nitrogens with two attached hydrogens (primary N) is 2. The number of rotatable bonds is 3. The maximum absolute atomic E-state index is 11.4. The highest BCUT2D eigenvalue weighted by Crippen LogP contribution is 2.60. The largest absolute Gasteiger partial charge is 0.369 e. The smallest absolute Gasteiger partial charge is 0.233 e. The van der Waals surface area contributed by atoms with Crippen molar-refractivity contribution in [1.29, 1.82) is 0 Å². The van der Waals surface area contributed by atoms with E-state index in [4.69, 9.17) is 34.7 Å². The summed E-state index contributed by atoms with van der Waals surface area (Å²) in [7, 11) is 0. The van der Waals surface area contributed by atoms with Crippen LogP contribution in [0.5, 0.6) is 0 Å². The molecule has 1 atom stereocenters. The Morgan fingerprint density at radius 1 is 1.24 bits per heavy atom. The lowest BCUT2D eigenvalue weighted by atomic mass is 9.97. The standard InChI is InChI=1S/C11H10Cl2N2O2/c12-5-1-2-8(13)6(3-5)7-4-11(7,9(14)16)10(15)17/h1-3,7H,4H2,(H2,14,16)(H2,15,17). The molecule has 0 spiro atoms. The minimum absolute atomic E-state index is 0.289. The van der Waals surface area contributed by atoms with Crippen LogP contribution in [0.4, 0.5) is 0 Å². The average Bonchev–Trinajstić information content (AvgIpc) is 2.98. The number of carbonyl (C=O) groups excluding carboxylic acids is 2. The predicted octanol–water partition coefficient (Wildman–Crippen LogP) is 1.44. The minimum Gasteiger partial charge on any atom is -0.369 e. The molecule has 1 aromatic carbocycles. The molecule has 0 aliphatic heterocycles. The average molecular weight is 273 g/mol. The van der Waals surface area contributed by atoms with Crippen LogP contribution in [0, 0.1) is 5.41 Å². The van der Waals surface area contributed by atoms with E-state index in [1.807, 2.05) is 0 Å². The van der Waals surface area contributed by atoms with Crippen molar-refractivity contribution in [2.75, 3.05) is 0 Å². The molecule has 0 heterocycles. The van der Waals surface area contributed by atoms with Crippen LogP contribution in [-0.4, -0.2) is 11.8 Å². The molecule has 0 radical (unpaired) electrons. The van der Waals surface area contributed by atoms with Gasteiger partial charge in [0.25, 0.3) is 0 Å². The van der Waals surface area contributed by atoms with E-state index in [1.165, 1.54) is 0 Å². The first kappa shape index (κ1) is 12.2. The van der Waals surface area contributed by atoms with E-state index < -0.39 is 17.2 Å². The zero-order chi connectivity index (χ0) is 12.8. The molecule has 2 amide bonds. The molecule has 4 N–H and O–H groups in total. The Morgan fingerprint density at radius 2 is 1.82 bits per heavy atom. The van der Waals surface area contributed by atoms with Gasteiger partial charge in [-0.3, -0.25) is 9.59 Å². The lowest BCUT2D eigenvalue weighted by molar-refractivity contribution is -0.133. The normalized spacial score (nSPS) is 20.9. The molecule has 90 valence electrons. The summed E-state index contributed by atoms with van der Waals surface area (Å²) < 4.78 is 0. The third-order valence-electron chi connectivity index (χ3n) is 3.17. The van der Waals surface area contributed by atoms with E-state index in [2.05, 4.69) is 0 Å². The monoisotopic (exact) mass is 272 g/mol. The van der Waals surface area contributed by atoms with E-state index in [1.54, 1.807) is 18.2 Å². The third kappa shape index (κ3) is 1.77. The van der Waals surface area contributed by atoms with Crippen LogP contribution >= 0.6 is 23.2 Å². The lowest BCUT2D eigenvalue weighted by Gasteiger charge is -2.10. The van der Waals surface area contributed by atoms with Crippen molar-refractivity contribution in [1.82, 2.24) is 0 Å². The van der Waals surface area contributed by atoms with Gasteiger partial charge in [0.15, 0.2) is 0 Å². The second-order valence-electron chi connectivity index (χ2n) is 4.12. The molecule has 0 bridgehead atoms. The van der Waals surface area contributed by atoms with Gasteiger partial charge in [0.1, 0.15) is 5.41 Å². The quantitative estimate of drug-likeness (QED) is 0.816. The van der Waals surface area contributed by atoms with Gasteiger partial charge >= 0.3 is 0 Å². The summed E-state index contributed by atoms with van der Waals surface area (Å²) >= 11 is 11.9. The first-order chi connectivity index (χ1) is 7.89. The number of halogens is 2. The molecule has 17 heavy (non-hydrogen) atoms. The topological polar surface area (TPSA) is 86.2 Å². The third-order valence-corrected chi connectivity index (χ3v) is 3.75. The molecule has 2 rings (SSSR count). The maximum Gasteiger partial charge on any atom is 0.233 e. The molecule has 1 saturated carbocycles. The summed E-state index contributed by atoms with van der Waals surface area (Å²) in [4.78, 5) is 22.7. The number of hydrogen-bond acceptors (Lipinski definition) is 2. The minimum atomic E-state index is -1.31. The molecule has 6 heteroatoms. The van der Waals surface area contributed by atoms with Gasteiger partial charge in [-0.05, 0) is 30.2 Å². The van der Waals surface area contributed by atoms with Gasteiger partial charge in [-0.25, -0.2) is 0 Å². The van der Waals surface area contributed by atoms with Crippen molar-refractivity contribution < 1.29 is 9.59 Å². The molecule has 1 fully saturated rings. The fraction of sp³-hybridized carbons (Fsp3) is 0.273. The number of amides is 2. The second kappa shape index (κ2) is 3.89. The Hall–Kier alpha value is -1.26. The summed E-state index contributed by atoms with van der Waals surface area (Å²) in [5.74, 6) is -1.80. The highest BCUT2D eigenvalue weighted by molar-refractivity contribution is 6.33. The van der Waals surface area contributed by atoms with Crippen molar-refractivity contribution in [3.63, 3.8) is 0 Å². The van der Waals surface area contributed by atoms with Crippen LogP contribution in [0.3, 0.4) is 0 Å². The number of hydrogen-bond donors (Lipinski definition) is 2. The van der Waals surface area contributed by atoms with Gasteiger partial charge in [0.05, 0.1) is 0 Å². The van der Waals surface area contributed by atoms with Crippen LogP contribution in [0.2, 0.25) is 10.0 Å². The Balaban J connectivity index is 2.42. The number of benzene rings is 1. The van der Waals surface area contributed by atoms with Crippen LogP contribution in [0.25, 0.3) is 0 Å². The maximum atomic E-state index is 11.4. The van der Waals surface area contributed by atoms with Gasteiger partial charge < -0.3 is 11.5 Å². The highest BCUT2D eigenvalue weighted by atomic mass is 35.5. The van der Waals surface area contributed by atoms with Gasteiger partial charge in [-0.2, -0.15) is 0 Å². The summed E-state index contributed by atoms with van der Waals surface area (Å²) in [6, 6.07) is 4.87. The molecular formula is C11H10Cl2N2O2. The Bertz CT molecular complexity index is 502. The fourth-order valence-electron chi connectivity index (χ4n) is 2.09. The molecule has 1 aliphatic rings. The van der Waals surface area contributed by atoms with E-state index in [0.29, 0.717) is 15.6 Å². The van der Waals surface area contributed by atoms with E-state index >= 15 is 0 Å². The van der Waals surface area contributed by atoms with Crippen molar-refractivity contribution in [3.05, 3.63) is 33.8 Å². The molecule has 0 aromatic heterocycles. The molecule has 1 aromatic rings. The fourth-order valence-corrected chi connectivity index (χ4v) is 2.52. The Kier molecular flexibility index (Phi) is 2.79. The molecule has 4 nitrogen and oxygen atoms in total. The van der Waals surface area contributed by atoms with Gasteiger partial charge in [0.2, 0.25) is 11.8 Å². The summed E-state index contributed by atoms with van der Waals surface area (Å²) in [6.07, 6.45) is 0.289. The SMILES string of the molecule is NC(=O)C1(C(N)=O)CC1c1cc(Cl)ccc1Cl. The Morgan fingerprint density at radius 3 is 2.29 bits per heavy atom. The van der Waals surface area contributed by atoms with Crippen molar-refractivity contribution in [2.24, 2.45) is 16.9 Å². The zero-order valence-electron chi connectivity index (χ0n) is 8.74. The van der Waals surface area contributed by atoms with Crippen LogP contribution in [0.15, 0.2) is 18.2 Å². The van der Waals surface area contributed by atoms with Crippen LogP contribution in [0.1, 0.15) is 17.9 Å². The van der Waals surface area contributed by atoms with E-state index in [0.717, 1.165) is 0 Å². The van der Waals surface area contributed by atoms with Gasteiger partial charge in [-0.1, -0.05) is 23.2 Å². The molecule has 1 aliphatic carbocycles. The van der Waals surface area contributed by atoms with Crippen molar-refractivity contribution in [3.8, 4) is 0 Å². The number of primary amides is 2. The van der Waals surface area contributed by atoms with E-state index in [9.17, 15) is 9.59 Å². The second-order valence-corrected chi connectivity index (χ2v) is 4.97. The number of carbonyl (C=O) groups is 2. The van der Waals surface area contributed by atoms with Gasteiger partial charge in [-0.15, -0.1) is 0 Å². The summed E-state index contributed by atoms with van der Waals surface area (Å²) in [6.45, 7) is 0. The Labute approximate surface area is 108 Å². The molecule has 1 unspecified atom stereocenters. The first-order valence-electron chi connectivity index (χ1n) is 4.94. The zero-order valence-corrected chi connectivity index (χ0v) is 10.3. The van der Waals surface area contributed by atoms with Crippen molar-refractivity contribution >= 4 is 35.0 Å². The van der Waals surface area contributed by atoms with Gasteiger partial charge in [0, 0.05) is 16.0 Å². The highest BCUT2D eigenvalue weighted by Gasteiger charge is 2.64. The molecule has 0 saturated heterocycles. The van der Waals surface area contributed by atoms with Crippen LogP contribution < -0.4 is 11.5 Å². The van der Waals surface area contributed by atoms with E-state index in [-0.39, 0.29) is 12.3 Å². The lowest BCUT2D eigenvalue weighted by Crippen LogP contribution is -2.38.